The van der Waals surface area contributed by atoms with Gasteiger partial charge in [0.15, 0.2) is 0 Å². The van der Waals surface area contributed by atoms with E-state index in [-0.39, 0.29) is 11.9 Å². The van der Waals surface area contributed by atoms with E-state index in [2.05, 4.69) is 17.1 Å². The molecular weight excluding hydrogens is 266 g/mol. The van der Waals surface area contributed by atoms with Crippen molar-refractivity contribution in [2.75, 3.05) is 25.5 Å². The fourth-order valence-electron chi connectivity index (χ4n) is 2.83. The van der Waals surface area contributed by atoms with E-state index in [1.54, 1.807) is 7.11 Å². The van der Waals surface area contributed by atoms with Crippen LogP contribution in [0.1, 0.15) is 26.2 Å². The van der Waals surface area contributed by atoms with Crippen molar-refractivity contribution in [3.63, 3.8) is 0 Å². The highest BCUT2D eigenvalue weighted by molar-refractivity contribution is 5.74. The number of primary amides is 1. The number of benzene rings is 1. The minimum atomic E-state index is -0.221. The Balaban J connectivity index is 1.79. The van der Waals surface area contributed by atoms with Crippen molar-refractivity contribution < 1.29 is 9.53 Å². The predicted octanol–water partition coefficient (Wildman–Crippen LogP) is 1.84. The van der Waals surface area contributed by atoms with Crippen LogP contribution in [0.5, 0.6) is 5.75 Å². The first kappa shape index (κ1) is 15.6. The number of hydrogen-bond donors (Lipinski definition) is 2. The molecule has 1 amide bonds. The second kappa shape index (κ2) is 7.31. The highest BCUT2D eigenvalue weighted by atomic mass is 16.5. The maximum atomic E-state index is 11.0. The first-order valence-electron chi connectivity index (χ1n) is 7.51. The summed E-state index contributed by atoms with van der Waals surface area (Å²) in [5.74, 6) is 0.650. The van der Waals surface area contributed by atoms with Gasteiger partial charge < -0.3 is 15.8 Å². The summed E-state index contributed by atoms with van der Waals surface area (Å²) in [6.07, 6.45) is 2.60. The summed E-state index contributed by atoms with van der Waals surface area (Å²) in [4.78, 5) is 13.3. The van der Waals surface area contributed by atoms with Crippen LogP contribution in [0.2, 0.25) is 0 Å². The second-order valence-corrected chi connectivity index (χ2v) is 5.70. The van der Waals surface area contributed by atoms with Gasteiger partial charge in [-0.3, -0.25) is 9.69 Å². The first-order chi connectivity index (χ1) is 10.1. The fourth-order valence-corrected chi connectivity index (χ4v) is 2.83. The van der Waals surface area contributed by atoms with Crippen molar-refractivity contribution in [1.82, 2.24) is 4.90 Å². The zero-order valence-electron chi connectivity index (χ0n) is 12.8. The van der Waals surface area contributed by atoms with Gasteiger partial charge in [-0.05, 0) is 44.0 Å². The topological polar surface area (TPSA) is 67.6 Å². The average Bonchev–Trinajstić information content (AvgIpc) is 2.48. The van der Waals surface area contributed by atoms with Gasteiger partial charge in [0.25, 0.3) is 0 Å². The lowest BCUT2D eigenvalue weighted by Gasteiger charge is -2.36. The third kappa shape index (κ3) is 4.63. The minimum absolute atomic E-state index is 0.221. The predicted molar refractivity (Wildman–Crippen MR) is 84.5 cm³/mol. The number of ether oxygens (including phenoxy) is 1. The molecule has 1 fully saturated rings. The van der Waals surface area contributed by atoms with Gasteiger partial charge in [0, 0.05) is 37.3 Å². The molecule has 5 nitrogen and oxygen atoms in total. The zero-order chi connectivity index (χ0) is 15.2. The van der Waals surface area contributed by atoms with Crippen molar-refractivity contribution in [2.45, 2.75) is 38.3 Å². The fraction of sp³-hybridized carbons (Fsp3) is 0.562. The van der Waals surface area contributed by atoms with Gasteiger partial charge in [0.2, 0.25) is 5.91 Å². The number of nitrogens with one attached hydrogen (secondary N) is 1. The number of nitrogens with two attached hydrogens (primary N) is 1. The summed E-state index contributed by atoms with van der Waals surface area (Å²) in [6.45, 7) is 4.08. The largest absolute Gasteiger partial charge is 0.497 e. The molecule has 1 aromatic rings. The van der Waals surface area contributed by atoms with Crippen LogP contribution in [0.25, 0.3) is 0 Å². The standard InChI is InChI=1S/C16H25N3O2/c1-12(11-16(17)20)19-9-7-14(8-10-19)18-13-3-5-15(21-2)6-4-13/h3-6,12,14,18H,7-11H2,1-2H3,(H2,17,20)/t12-/m1/s1. The monoisotopic (exact) mass is 291 g/mol. The molecule has 1 aliphatic heterocycles. The van der Waals surface area contributed by atoms with Crippen LogP contribution >= 0.6 is 0 Å². The quantitative estimate of drug-likeness (QED) is 0.839. The third-order valence-corrected chi connectivity index (χ3v) is 4.11. The van der Waals surface area contributed by atoms with Gasteiger partial charge in [-0.2, -0.15) is 0 Å². The molecule has 116 valence electrons. The Hall–Kier alpha value is -1.75. The summed E-state index contributed by atoms with van der Waals surface area (Å²) < 4.78 is 5.16. The van der Waals surface area contributed by atoms with E-state index in [4.69, 9.17) is 10.5 Å². The number of rotatable bonds is 6. The molecule has 1 heterocycles. The maximum absolute atomic E-state index is 11.0. The van der Waals surface area contributed by atoms with E-state index in [9.17, 15) is 4.79 Å². The van der Waals surface area contributed by atoms with Crippen LogP contribution in [0.3, 0.4) is 0 Å². The average molecular weight is 291 g/mol. The van der Waals surface area contributed by atoms with Crippen molar-refractivity contribution in [3.05, 3.63) is 24.3 Å². The molecule has 0 saturated carbocycles. The third-order valence-electron chi connectivity index (χ3n) is 4.11. The number of carbonyl (C=O) groups excluding carboxylic acids is 1. The van der Waals surface area contributed by atoms with Crippen molar-refractivity contribution in [3.8, 4) is 5.75 Å². The van der Waals surface area contributed by atoms with Gasteiger partial charge in [0.05, 0.1) is 7.11 Å². The van der Waals surface area contributed by atoms with Crippen LogP contribution in [0, 0.1) is 0 Å². The molecule has 0 spiro atoms. The number of methoxy groups -OCH3 is 1. The molecule has 1 aromatic carbocycles. The molecule has 0 aliphatic carbocycles. The summed E-state index contributed by atoms with van der Waals surface area (Å²) in [5.41, 5.74) is 6.39. The van der Waals surface area contributed by atoms with Crippen LogP contribution in [0.4, 0.5) is 5.69 Å². The smallest absolute Gasteiger partial charge is 0.218 e. The van der Waals surface area contributed by atoms with Crippen molar-refractivity contribution in [2.24, 2.45) is 5.73 Å². The summed E-state index contributed by atoms with van der Waals surface area (Å²) in [7, 11) is 1.67. The van der Waals surface area contributed by atoms with E-state index >= 15 is 0 Å². The van der Waals surface area contributed by atoms with Gasteiger partial charge >= 0.3 is 0 Å². The summed E-state index contributed by atoms with van der Waals surface area (Å²) >= 11 is 0. The van der Waals surface area contributed by atoms with Crippen LogP contribution in [-0.2, 0) is 4.79 Å². The zero-order valence-corrected chi connectivity index (χ0v) is 12.8. The summed E-state index contributed by atoms with van der Waals surface area (Å²) in [6, 6.07) is 8.74. The van der Waals surface area contributed by atoms with Gasteiger partial charge in [0.1, 0.15) is 5.75 Å². The highest BCUT2D eigenvalue weighted by Crippen LogP contribution is 2.20. The molecule has 5 heteroatoms. The minimum Gasteiger partial charge on any atom is -0.497 e. The molecule has 0 radical (unpaired) electrons. The molecule has 0 bridgehead atoms. The molecule has 21 heavy (non-hydrogen) atoms. The Kier molecular flexibility index (Phi) is 5.44. The Labute approximate surface area is 126 Å². The lowest BCUT2D eigenvalue weighted by Crippen LogP contribution is -2.44. The highest BCUT2D eigenvalue weighted by Gasteiger charge is 2.23. The maximum Gasteiger partial charge on any atom is 0.218 e. The number of hydrogen-bond acceptors (Lipinski definition) is 4. The molecule has 1 atom stereocenters. The molecule has 1 saturated heterocycles. The van der Waals surface area contributed by atoms with Gasteiger partial charge in [-0.25, -0.2) is 0 Å². The Morgan fingerprint density at radius 1 is 1.38 bits per heavy atom. The lowest BCUT2D eigenvalue weighted by atomic mass is 10.0. The van der Waals surface area contributed by atoms with E-state index < -0.39 is 0 Å². The number of nitrogens with zero attached hydrogens (tertiary/aromatic N) is 1. The summed E-state index contributed by atoms with van der Waals surface area (Å²) in [5, 5.41) is 3.56. The second-order valence-electron chi connectivity index (χ2n) is 5.70. The number of likely N-dealkylation sites (tertiary alicyclic amines) is 1. The Bertz CT molecular complexity index is 453. The number of amides is 1. The first-order valence-corrected chi connectivity index (χ1v) is 7.51. The lowest BCUT2D eigenvalue weighted by molar-refractivity contribution is -0.119. The molecule has 0 aromatic heterocycles. The molecule has 2 rings (SSSR count). The van der Waals surface area contributed by atoms with Crippen molar-refractivity contribution >= 4 is 11.6 Å². The van der Waals surface area contributed by atoms with Crippen LogP contribution in [-0.4, -0.2) is 43.1 Å². The van der Waals surface area contributed by atoms with E-state index in [1.807, 2.05) is 24.3 Å². The van der Waals surface area contributed by atoms with Crippen molar-refractivity contribution in [1.29, 1.82) is 0 Å². The van der Waals surface area contributed by atoms with E-state index in [0.29, 0.717) is 12.5 Å². The van der Waals surface area contributed by atoms with E-state index in [1.165, 1.54) is 0 Å². The molecule has 3 N–H and O–H groups in total. The van der Waals surface area contributed by atoms with Gasteiger partial charge in [-0.1, -0.05) is 0 Å². The van der Waals surface area contributed by atoms with Crippen LogP contribution in [0.15, 0.2) is 24.3 Å². The number of carbonyl (C=O) groups is 1. The van der Waals surface area contributed by atoms with Crippen LogP contribution < -0.4 is 15.8 Å². The molecule has 0 unspecified atom stereocenters. The van der Waals surface area contributed by atoms with Gasteiger partial charge in [-0.15, -0.1) is 0 Å². The Morgan fingerprint density at radius 3 is 2.52 bits per heavy atom. The SMILES string of the molecule is COc1ccc(NC2CCN([C@H](C)CC(N)=O)CC2)cc1. The normalized spacial score (nSPS) is 18.2. The Morgan fingerprint density at radius 2 is 2.00 bits per heavy atom. The number of anilines is 1. The number of piperidine rings is 1. The molecular formula is C16H25N3O2. The van der Waals surface area contributed by atoms with E-state index in [0.717, 1.165) is 37.4 Å². The molecule has 1 aliphatic rings.